The quantitative estimate of drug-likeness (QED) is 0.888. The van der Waals surface area contributed by atoms with Gasteiger partial charge in [-0.05, 0) is 44.8 Å². The Hall–Kier alpha value is -1.06. The predicted molar refractivity (Wildman–Crippen MR) is 72.6 cm³/mol. The van der Waals surface area contributed by atoms with E-state index in [1.54, 1.807) is 0 Å². The van der Waals surface area contributed by atoms with E-state index in [2.05, 4.69) is 17.0 Å². The van der Waals surface area contributed by atoms with E-state index in [-0.39, 0.29) is 6.04 Å². The molecule has 2 N–H and O–H groups in total. The molecule has 3 heterocycles. The molecule has 1 aromatic carbocycles. The number of fused-ring (bicyclic) bond motifs is 3. The molecule has 0 amide bonds. The maximum atomic E-state index is 6.26. The summed E-state index contributed by atoms with van der Waals surface area (Å²) in [5.74, 6) is 1.71. The highest BCUT2D eigenvalue weighted by atomic mass is 16.5. The molecule has 2 atom stereocenters. The van der Waals surface area contributed by atoms with Gasteiger partial charge in [-0.2, -0.15) is 0 Å². The molecule has 3 fully saturated rings. The number of hydrogen-bond donors (Lipinski definition) is 1. The average molecular weight is 246 g/mol. The molecule has 4 rings (SSSR count). The van der Waals surface area contributed by atoms with Gasteiger partial charge in [0.2, 0.25) is 0 Å². The van der Waals surface area contributed by atoms with Gasteiger partial charge in [0.1, 0.15) is 11.9 Å². The van der Waals surface area contributed by atoms with E-state index in [1.165, 1.54) is 25.9 Å². The highest BCUT2D eigenvalue weighted by Gasteiger charge is 2.35. The van der Waals surface area contributed by atoms with Crippen LogP contribution in [-0.2, 0) is 0 Å². The van der Waals surface area contributed by atoms with Crippen LogP contribution in [0.15, 0.2) is 24.3 Å². The molecule has 1 aromatic rings. The summed E-state index contributed by atoms with van der Waals surface area (Å²) in [6.07, 6.45) is 2.92. The fraction of sp³-hybridized carbons (Fsp3) is 0.600. The lowest BCUT2D eigenvalue weighted by atomic mass is 9.86. The predicted octanol–water partition coefficient (Wildman–Crippen LogP) is 2.18. The van der Waals surface area contributed by atoms with Crippen LogP contribution in [0, 0.1) is 5.92 Å². The Kier molecular flexibility index (Phi) is 3.27. The van der Waals surface area contributed by atoms with E-state index in [0.717, 1.165) is 23.8 Å². The first-order valence-corrected chi connectivity index (χ1v) is 6.97. The van der Waals surface area contributed by atoms with Gasteiger partial charge in [-0.1, -0.05) is 18.2 Å². The Morgan fingerprint density at radius 2 is 2.00 bits per heavy atom. The van der Waals surface area contributed by atoms with E-state index in [4.69, 9.17) is 10.5 Å². The standard InChI is InChI=1S/C15H22N2O/c1-11(16)13-4-2-3-5-14(13)18-15-10-17-8-6-12(15)7-9-17/h2-5,11-12,15H,6-10,16H2,1H3. The zero-order valence-corrected chi connectivity index (χ0v) is 11.0. The molecule has 0 aliphatic carbocycles. The normalized spacial score (nSPS) is 32.2. The van der Waals surface area contributed by atoms with Crippen molar-refractivity contribution < 1.29 is 4.74 Å². The van der Waals surface area contributed by atoms with Crippen LogP contribution in [0.4, 0.5) is 0 Å². The molecular formula is C15H22N2O. The number of rotatable bonds is 3. The van der Waals surface area contributed by atoms with Crippen molar-refractivity contribution >= 4 is 0 Å². The molecule has 3 saturated heterocycles. The van der Waals surface area contributed by atoms with Crippen molar-refractivity contribution in [1.29, 1.82) is 0 Å². The molecular weight excluding hydrogens is 224 g/mol. The first-order chi connectivity index (χ1) is 8.74. The van der Waals surface area contributed by atoms with E-state index < -0.39 is 0 Å². The Morgan fingerprint density at radius 1 is 1.28 bits per heavy atom. The van der Waals surface area contributed by atoms with Gasteiger partial charge in [0.25, 0.3) is 0 Å². The van der Waals surface area contributed by atoms with Crippen molar-refractivity contribution in [2.75, 3.05) is 19.6 Å². The van der Waals surface area contributed by atoms with Gasteiger partial charge in [0.15, 0.2) is 0 Å². The van der Waals surface area contributed by atoms with E-state index in [1.807, 2.05) is 19.1 Å². The Morgan fingerprint density at radius 3 is 2.61 bits per heavy atom. The van der Waals surface area contributed by atoms with Gasteiger partial charge >= 0.3 is 0 Å². The lowest BCUT2D eigenvalue weighted by Crippen LogP contribution is -2.52. The zero-order valence-electron chi connectivity index (χ0n) is 11.0. The van der Waals surface area contributed by atoms with Crippen LogP contribution in [0.2, 0.25) is 0 Å². The largest absolute Gasteiger partial charge is 0.488 e. The van der Waals surface area contributed by atoms with Gasteiger partial charge in [0, 0.05) is 18.2 Å². The number of para-hydroxylation sites is 1. The Labute approximate surface area is 109 Å². The van der Waals surface area contributed by atoms with Crippen LogP contribution >= 0.6 is 0 Å². The van der Waals surface area contributed by atoms with Gasteiger partial charge in [-0.15, -0.1) is 0 Å². The summed E-state index contributed by atoms with van der Waals surface area (Å²) >= 11 is 0. The summed E-state index contributed by atoms with van der Waals surface area (Å²) in [4.78, 5) is 2.51. The molecule has 2 bridgehead atoms. The Bertz CT molecular complexity index is 411. The number of nitrogens with two attached hydrogens (primary N) is 1. The maximum Gasteiger partial charge on any atom is 0.124 e. The maximum absolute atomic E-state index is 6.26. The van der Waals surface area contributed by atoms with Crippen LogP contribution in [0.3, 0.4) is 0 Å². The van der Waals surface area contributed by atoms with Gasteiger partial charge in [-0.3, -0.25) is 4.90 Å². The van der Waals surface area contributed by atoms with E-state index in [0.29, 0.717) is 6.10 Å². The third kappa shape index (κ3) is 2.25. The molecule has 2 unspecified atom stereocenters. The minimum Gasteiger partial charge on any atom is -0.488 e. The number of nitrogens with zero attached hydrogens (tertiary/aromatic N) is 1. The highest BCUT2D eigenvalue weighted by Crippen LogP contribution is 2.32. The van der Waals surface area contributed by atoms with Crippen molar-refractivity contribution in [3.63, 3.8) is 0 Å². The van der Waals surface area contributed by atoms with Crippen LogP contribution in [0.25, 0.3) is 0 Å². The SMILES string of the molecule is CC(N)c1ccccc1OC1CN2CCC1CC2. The molecule has 3 nitrogen and oxygen atoms in total. The number of benzene rings is 1. The number of ether oxygens (including phenoxy) is 1. The molecule has 0 radical (unpaired) electrons. The monoisotopic (exact) mass is 246 g/mol. The fourth-order valence-corrected chi connectivity index (χ4v) is 3.17. The smallest absolute Gasteiger partial charge is 0.124 e. The summed E-state index contributed by atoms with van der Waals surface area (Å²) in [5, 5.41) is 0. The molecule has 3 heteroatoms. The van der Waals surface area contributed by atoms with Crippen molar-refractivity contribution in [3.05, 3.63) is 29.8 Å². The van der Waals surface area contributed by atoms with Crippen molar-refractivity contribution in [3.8, 4) is 5.75 Å². The van der Waals surface area contributed by atoms with Crippen LogP contribution in [0.5, 0.6) is 5.75 Å². The summed E-state index contributed by atoms with van der Waals surface area (Å²) in [6.45, 7) is 5.59. The molecule has 3 aliphatic heterocycles. The summed E-state index contributed by atoms with van der Waals surface area (Å²) < 4.78 is 6.26. The first-order valence-electron chi connectivity index (χ1n) is 6.97. The minimum absolute atomic E-state index is 0.0299. The lowest BCUT2D eigenvalue weighted by molar-refractivity contribution is -0.00830. The molecule has 0 aromatic heterocycles. The fourth-order valence-electron chi connectivity index (χ4n) is 3.17. The summed E-state index contributed by atoms with van der Waals surface area (Å²) in [6, 6.07) is 8.21. The summed E-state index contributed by atoms with van der Waals surface area (Å²) in [7, 11) is 0. The average Bonchev–Trinajstić information content (AvgIpc) is 2.40. The third-order valence-electron chi connectivity index (χ3n) is 4.28. The summed E-state index contributed by atoms with van der Waals surface area (Å²) in [5.41, 5.74) is 7.12. The van der Waals surface area contributed by atoms with Gasteiger partial charge in [0.05, 0.1) is 0 Å². The molecule has 0 saturated carbocycles. The molecule has 98 valence electrons. The van der Waals surface area contributed by atoms with Crippen LogP contribution in [0.1, 0.15) is 31.4 Å². The van der Waals surface area contributed by atoms with Crippen molar-refractivity contribution in [1.82, 2.24) is 4.90 Å². The minimum atomic E-state index is 0.0299. The van der Waals surface area contributed by atoms with E-state index in [9.17, 15) is 0 Å². The van der Waals surface area contributed by atoms with E-state index >= 15 is 0 Å². The van der Waals surface area contributed by atoms with Crippen LogP contribution in [-0.4, -0.2) is 30.6 Å². The molecule has 18 heavy (non-hydrogen) atoms. The first kappa shape index (κ1) is 12.0. The second-order valence-electron chi connectivity index (χ2n) is 5.62. The number of hydrogen-bond acceptors (Lipinski definition) is 3. The number of piperidine rings is 3. The lowest BCUT2D eigenvalue weighted by Gasteiger charge is -2.44. The third-order valence-corrected chi connectivity index (χ3v) is 4.28. The van der Waals surface area contributed by atoms with Crippen molar-refractivity contribution in [2.24, 2.45) is 11.7 Å². The highest BCUT2D eigenvalue weighted by molar-refractivity contribution is 5.35. The van der Waals surface area contributed by atoms with Gasteiger partial charge in [-0.25, -0.2) is 0 Å². The molecule has 0 spiro atoms. The van der Waals surface area contributed by atoms with Crippen LogP contribution < -0.4 is 10.5 Å². The molecule has 3 aliphatic rings. The van der Waals surface area contributed by atoms with Crippen molar-refractivity contribution in [2.45, 2.75) is 31.9 Å². The second kappa shape index (κ2) is 4.90. The van der Waals surface area contributed by atoms with Gasteiger partial charge < -0.3 is 10.5 Å². The Balaban J connectivity index is 1.76. The topological polar surface area (TPSA) is 38.5 Å². The zero-order chi connectivity index (χ0) is 12.5. The second-order valence-corrected chi connectivity index (χ2v) is 5.62.